The lowest BCUT2D eigenvalue weighted by molar-refractivity contribution is 0.0697. The zero-order valence-electron chi connectivity index (χ0n) is 12.2. The number of anilines is 2. The maximum atomic E-state index is 12.4. The highest BCUT2D eigenvalue weighted by Gasteiger charge is 2.24. The Labute approximate surface area is 128 Å². The molecule has 0 aliphatic carbocycles. The molecular formula is C17H16N2O3. The van der Waals surface area contributed by atoms with Gasteiger partial charge in [0.2, 0.25) is 0 Å². The van der Waals surface area contributed by atoms with Crippen molar-refractivity contribution < 1.29 is 14.7 Å². The molecule has 0 unspecified atom stereocenters. The summed E-state index contributed by atoms with van der Waals surface area (Å²) in [5.41, 5.74) is 3.88. The second-order valence-corrected chi connectivity index (χ2v) is 5.35. The van der Waals surface area contributed by atoms with Gasteiger partial charge in [0, 0.05) is 17.9 Å². The molecule has 1 aliphatic rings. The molecule has 0 spiro atoms. The molecule has 2 aromatic rings. The molecule has 2 amide bonds. The zero-order valence-corrected chi connectivity index (χ0v) is 12.2. The standard InChI is InChI=1S/C17H16N2O3/c1-11-5-6-15-12(9-11)7-8-19(15)17(22)18-14-4-2-3-13(10-14)16(20)21/h2-6,9-10H,7-8H2,1H3,(H,18,22)(H,20,21). The van der Waals surface area contributed by atoms with Crippen LogP contribution in [0.4, 0.5) is 16.2 Å². The molecular weight excluding hydrogens is 280 g/mol. The Morgan fingerprint density at radius 3 is 2.77 bits per heavy atom. The van der Waals surface area contributed by atoms with Gasteiger partial charge >= 0.3 is 12.0 Å². The smallest absolute Gasteiger partial charge is 0.335 e. The van der Waals surface area contributed by atoms with Gasteiger partial charge in [0.1, 0.15) is 0 Å². The van der Waals surface area contributed by atoms with Crippen LogP contribution in [0.25, 0.3) is 0 Å². The topological polar surface area (TPSA) is 69.6 Å². The molecule has 2 aromatic carbocycles. The summed E-state index contributed by atoms with van der Waals surface area (Å²) in [6.45, 7) is 2.66. The predicted octanol–water partition coefficient (Wildman–Crippen LogP) is 3.29. The van der Waals surface area contributed by atoms with Crippen molar-refractivity contribution >= 4 is 23.4 Å². The third-order valence-corrected chi connectivity index (χ3v) is 3.74. The van der Waals surface area contributed by atoms with Crippen LogP contribution in [0.1, 0.15) is 21.5 Å². The number of benzene rings is 2. The molecule has 112 valence electrons. The van der Waals surface area contributed by atoms with Crippen LogP contribution in [0.5, 0.6) is 0 Å². The number of aryl methyl sites for hydroxylation is 1. The minimum absolute atomic E-state index is 0.148. The van der Waals surface area contributed by atoms with Crippen molar-refractivity contribution in [1.82, 2.24) is 0 Å². The van der Waals surface area contributed by atoms with E-state index in [4.69, 9.17) is 5.11 Å². The normalized spacial score (nSPS) is 12.9. The molecule has 0 fully saturated rings. The first kappa shape index (κ1) is 14.1. The maximum absolute atomic E-state index is 12.4. The molecule has 0 bridgehead atoms. The third kappa shape index (κ3) is 2.65. The molecule has 0 aromatic heterocycles. The lowest BCUT2D eigenvalue weighted by Gasteiger charge is -2.18. The van der Waals surface area contributed by atoms with E-state index in [2.05, 4.69) is 11.4 Å². The van der Waals surface area contributed by atoms with Gasteiger partial charge in [0.25, 0.3) is 0 Å². The minimum atomic E-state index is -1.02. The number of rotatable bonds is 2. The number of urea groups is 1. The first-order valence-electron chi connectivity index (χ1n) is 7.06. The van der Waals surface area contributed by atoms with Crippen molar-refractivity contribution in [3.05, 3.63) is 59.2 Å². The number of aromatic carboxylic acids is 1. The van der Waals surface area contributed by atoms with Crippen molar-refractivity contribution in [2.24, 2.45) is 0 Å². The summed E-state index contributed by atoms with van der Waals surface area (Å²) in [5.74, 6) is -1.02. The lowest BCUT2D eigenvalue weighted by atomic mass is 10.1. The summed E-state index contributed by atoms with van der Waals surface area (Å²) in [6, 6.07) is 12.0. The van der Waals surface area contributed by atoms with Crippen LogP contribution in [0, 0.1) is 6.92 Å². The van der Waals surface area contributed by atoms with Gasteiger partial charge in [-0.25, -0.2) is 9.59 Å². The fraction of sp³-hybridized carbons (Fsp3) is 0.176. The molecule has 1 heterocycles. The molecule has 1 aliphatic heterocycles. The average molecular weight is 296 g/mol. The van der Waals surface area contributed by atoms with Gasteiger partial charge in [-0.2, -0.15) is 0 Å². The van der Waals surface area contributed by atoms with Gasteiger partial charge in [-0.1, -0.05) is 23.8 Å². The van der Waals surface area contributed by atoms with E-state index in [1.807, 2.05) is 19.1 Å². The van der Waals surface area contributed by atoms with Gasteiger partial charge in [-0.05, 0) is 43.2 Å². The quantitative estimate of drug-likeness (QED) is 0.893. The Hall–Kier alpha value is -2.82. The Morgan fingerprint density at radius 2 is 2.00 bits per heavy atom. The first-order valence-corrected chi connectivity index (χ1v) is 7.06. The molecule has 5 heteroatoms. The van der Waals surface area contributed by atoms with Gasteiger partial charge in [0.15, 0.2) is 0 Å². The Morgan fingerprint density at radius 1 is 1.18 bits per heavy atom. The van der Waals surface area contributed by atoms with Crippen molar-refractivity contribution in [1.29, 1.82) is 0 Å². The monoisotopic (exact) mass is 296 g/mol. The van der Waals surface area contributed by atoms with Crippen LogP contribution in [0.15, 0.2) is 42.5 Å². The van der Waals surface area contributed by atoms with Gasteiger partial charge < -0.3 is 10.4 Å². The zero-order chi connectivity index (χ0) is 15.7. The number of hydrogen-bond donors (Lipinski definition) is 2. The summed E-state index contributed by atoms with van der Waals surface area (Å²) in [7, 11) is 0. The fourth-order valence-electron chi connectivity index (χ4n) is 2.66. The lowest BCUT2D eigenvalue weighted by Crippen LogP contribution is -2.33. The molecule has 2 N–H and O–H groups in total. The van der Waals surface area contributed by atoms with Gasteiger partial charge in [-0.15, -0.1) is 0 Å². The highest BCUT2D eigenvalue weighted by atomic mass is 16.4. The van der Waals surface area contributed by atoms with E-state index in [1.165, 1.54) is 17.7 Å². The summed E-state index contributed by atoms with van der Waals surface area (Å²) in [4.78, 5) is 25.1. The van der Waals surface area contributed by atoms with Crippen LogP contribution < -0.4 is 10.2 Å². The summed E-state index contributed by atoms with van der Waals surface area (Å²) < 4.78 is 0. The number of carbonyl (C=O) groups excluding carboxylic acids is 1. The summed E-state index contributed by atoms with van der Waals surface area (Å²) in [6.07, 6.45) is 0.833. The van der Waals surface area contributed by atoms with E-state index in [9.17, 15) is 9.59 Å². The highest BCUT2D eigenvalue weighted by Crippen LogP contribution is 2.29. The van der Waals surface area contributed by atoms with Crippen LogP contribution in [0.2, 0.25) is 0 Å². The number of amides is 2. The van der Waals surface area contributed by atoms with E-state index < -0.39 is 5.97 Å². The second-order valence-electron chi connectivity index (χ2n) is 5.35. The number of fused-ring (bicyclic) bond motifs is 1. The van der Waals surface area contributed by atoms with E-state index in [0.29, 0.717) is 12.2 Å². The van der Waals surface area contributed by atoms with Crippen LogP contribution in [0.3, 0.4) is 0 Å². The van der Waals surface area contributed by atoms with Crippen molar-refractivity contribution in [3.63, 3.8) is 0 Å². The van der Waals surface area contributed by atoms with Crippen LogP contribution in [-0.2, 0) is 6.42 Å². The summed E-state index contributed by atoms with van der Waals surface area (Å²) >= 11 is 0. The van der Waals surface area contributed by atoms with Crippen LogP contribution >= 0.6 is 0 Å². The molecule has 0 atom stereocenters. The number of nitrogens with zero attached hydrogens (tertiary/aromatic N) is 1. The van der Waals surface area contributed by atoms with Crippen molar-refractivity contribution in [2.75, 3.05) is 16.8 Å². The van der Waals surface area contributed by atoms with Crippen molar-refractivity contribution in [3.8, 4) is 0 Å². The average Bonchev–Trinajstić information content (AvgIpc) is 2.90. The van der Waals surface area contributed by atoms with Crippen LogP contribution in [-0.4, -0.2) is 23.7 Å². The molecule has 3 rings (SSSR count). The predicted molar refractivity (Wildman–Crippen MR) is 84.6 cm³/mol. The Kier molecular flexibility index (Phi) is 3.55. The highest BCUT2D eigenvalue weighted by molar-refractivity contribution is 6.03. The van der Waals surface area contributed by atoms with Crippen molar-refractivity contribution in [2.45, 2.75) is 13.3 Å². The molecule has 0 saturated heterocycles. The van der Waals surface area contributed by atoms with E-state index in [-0.39, 0.29) is 11.6 Å². The first-order chi connectivity index (χ1) is 10.5. The number of carboxylic acid groups (broad SMARTS) is 1. The number of carboxylic acids is 1. The maximum Gasteiger partial charge on any atom is 0.335 e. The summed E-state index contributed by atoms with van der Waals surface area (Å²) in [5, 5.41) is 11.7. The largest absolute Gasteiger partial charge is 0.478 e. The molecule has 5 nitrogen and oxygen atoms in total. The molecule has 22 heavy (non-hydrogen) atoms. The fourth-order valence-corrected chi connectivity index (χ4v) is 2.66. The third-order valence-electron chi connectivity index (χ3n) is 3.74. The Bertz CT molecular complexity index is 755. The molecule has 0 saturated carbocycles. The minimum Gasteiger partial charge on any atom is -0.478 e. The van der Waals surface area contributed by atoms with Gasteiger partial charge in [-0.3, -0.25) is 4.90 Å². The second kappa shape index (κ2) is 5.52. The molecule has 0 radical (unpaired) electrons. The SMILES string of the molecule is Cc1ccc2c(c1)CCN2C(=O)Nc1cccc(C(=O)O)c1. The van der Waals surface area contributed by atoms with E-state index in [1.54, 1.807) is 17.0 Å². The number of nitrogens with one attached hydrogen (secondary N) is 1. The van der Waals surface area contributed by atoms with E-state index in [0.717, 1.165) is 17.7 Å². The number of carbonyl (C=O) groups is 2. The Balaban J connectivity index is 1.79. The van der Waals surface area contributed by atoms with E-state index >= 15 is 0 Å². The van der Waals surface area contributed by atoms with Gasteiger partial charge in [0.05, 0.1) is 5.56 Å². The number of hydrogen-bond acceptors (Lipinski definition) is 2.